The zero-order valence-corrected chi connectivity index (χ0v) is 13.4. The monoisotopic (exact) mass is 370 g/mol. The molecule has 0 fully saturated rings. The van der Waals surface area contributed by atoms with E-state index in [0.29, 0.717) is 5.75 Å². The zero-order chi connectivity index (χ0) is 15.4. The van der Waals surface area contributed by atoms with Crippen molar-refractivity contribution >= 4 is 44.5 Å². The topological polar surface area (TPSA) is 81.5 Å². The van der Waals surface area contributed by atoms with Crippen molar-refractivity contribution in [2.75, 3.05) is 12.4 Å². The van der Waals surface area contributed by atoms with Crippen LogP contribution >= 0.6 is 27.3 Å². The molecule has 0 aliphatic rings. The van der Waals surface area contributed by atoms with E-state index in [4.69, 9.17) is 4.74 Å². The summed E-state index contributed by atoms with van der Waals surface area (Å²) >= 11 is 4.79. The van der Waals surface area contributed by atoms with E-state index >= 15 is 0 Å². The standard InChI is InChI=1S/C13H11BrN2O4S/c1-20-11-4-2-8(16(18)19)6-10(11)15-13(17)7-9-3-5-12(14)21-9/h2-6H,7H2,1H3,(H,15,17). The van der Waals surface area contributed by atoms with E-state index in [2.05, 4.69) is 21.2 Å². The number of hydrogen-bond acceptors (Lipinski definition) is 5. The highest BCUT2D eigenvalue weighted by Crippen LogP contribution is 2.29. The molecule has 0 saturated heterocycles. The molecule has 1 heterocycles. The number of hydrogen-bond donors (Lipinski definition) is 1. The molecule has 0 atom stereocenters. The fourth-order valence-electron chi connectivity index (χ4n) is 1.71. The molecule has 8 heteroatoms. The first-order valence-corrected chi connectivity index (χ1v) is 7.47. The maximum Gasteiger partial charge on any atom is 0.271 e. The van der Waals surface area contributed by atoms with Crippen LogP contribution in [0.15, 0.2) is 34.1 Å². The van der Waals surface area contributed by atoms with E-state index in [9.17, 15) is 14.9 Å². The predicted molar refractivity (Wildman–Crippen MR) is 84.0 cm³/mol. The average Bonchev–Trinajstić information content (AvgIpc) is 2.83. The molecule has 110 valence electrons. The Morgan fingerprint density at radius 1 is 1.43 bits per heavy atom. The molecule has 0 unspecified atom stereocenters. The molecule has 0 bridgehead atoms. The fourth-order valence-corrected chi connectivity index (χ4v) is 3.19. The second-order valence-corrected chi connectivity index (χ2v) is 6.62. The van der Waals surface area contributed by atoms with Crippen molar-refractivity contribution < 1.29 is 14.5 Å². The summed E-state index contributed by atoms with van der Waals surface area (Å²) in [6.07, 6.45) is 0.197. The van der Waals surface area contributed by atoms with Crippen LogP contribution in [0.3, 0.4) is 0 Å². The number of benzene rings is 1. The smallest absolute Gasteiger partial charge is 0.271 e. The van der Waals surface area contributed by atoms with Crippen molar-refractivity contribution in [3.63, 3.8) is 0 Å². The summed E-state index contributed by atoms with van der Waals surface area (Å²) in [6.45, 7) is 0. The summed E-state index contributed by atoms with van der Waals surface area (Å²) in [5.74, 6) is 0.115. The van der Waals surface area contributed by atoms with Crippen molar-refractivity contribution in [3.8, 4) is 5.75 Å². The number of nitro groups is 1. The molecule has 0 aliphatic heterocycles. The third-order valence-corrected chi connectivity index (χ3v) is 4.26. The van der Waals surface area contributed by atoms with Gasteiger partial charge in [0.2, 0.25) is 5.91 Å². The lowest BCUT2D eigenvalue weighted by molar-refractivity contribution is -0.384. The Kier molecular flexibility index (Phi) is 4.92. The summed E-state index contributed by atoms with van der Waals surface area (Å²) in [6, 6.07) is 7.77. The third-order valence-electron chi connectivity index (χ3n) is 2.63. The second kappa shape index (κ2) is 6.68. The van der Waals surface area contributed by atoms with Gasteiger partial charge in [0.15, 0.2) is 0 Å². The van der Waals surface area contributed by atoms with Crippen LogP contribution in [0.5, 0.6) is 5.75 Å². The number of methoxy groups -OCH3 is 1. The van der Waals surface area contributed by atoms with Crippen LogP contribution in [0.25, 0.3) is 0 Å². The lowest BCUT2D eigenvalue weighted by Gasteiger charge is -2.09. The summed E-state index contributed by atoms with van der Waals surface area (Å²) in [7, 11) is 1.44. The van der Waals surface area contributed by atoms with Crippen LogP contribution in [0, 0.1) is 10.1 Å². The van der Waals surface area contributed by atoms with Gasteiger partial charge in [-0.1, -0.05) is 0 Å². The number of nitro benzene ring substituents is 1. The number of rotatable bonds is 5. The van der Waals surface area contributed by atoms with Gasteiger partial charge in [-0.2, -0.15) is 0 Å². The highest BCUT2D eigenvalue weighted by molar-refractivity contribution is 9.11. The number of carbonyl (C=O) groups is 1. The maximum atomic E-state index is 12.0. The number of halogens is 1. The van der Waals surface area contributed by atoms with Gasteiger partial charge in [-0.15, -0.1) is 11.3 Å². The molecule has 2 rings (SSSR count). The predicted octanol–water partition coefficient (Wildman–Crippen LogP) is 3.61. The van der Waals surface area contributed by atoms with Gasteiger partial charge < -0.3 is 10.1 Å². The number of ether oxygens (including phenoxy) is 1. The first-order chi connectivity index (χ1) is 9.99. The molecule has 1 aromatic heterocycles. The molecule has 1 aromatic carbocycles. The minimum absolute atomic E-state index is 0.107. The van der Waals surface area contributed by atoms with Crippen LogP contribution in [-0.4, -0.2) is 17.9 Å². The molecule has 1 amide bonds. The number of nitrogens with one attached hydrogen (secondary N) is 1. The first-order valence-electron chi connectivity index (χ1n) is 5.86. The van der Waals surface area contributed by atoms with Gasteiger partial charge in [-0.3, -0.25) is 14.9 Å². The minimum Gasteiger partial charge on any atom is -0.495 e. The van der Waals surface area contributed by atoms with Crippen molar-refractivity contribution in [1.29, 1.82) is 0 Å². The molecule has 0 spiro atoms. The van der Waals surface area contributed by atoms with Crippen molar-refractivity contribution in [3.05, 3.63) is 49.1 Å². The average molecular weight is 371 g/mol. The summed E-state index contributed by atoms with van der Waals surface area (Å²) in [5.41, 5.74) is 0.178. The Morgan fingerprint density at radius 3 is 2.76 bits per heavy atom. The number of non-ortho nitro benzene ring substituents is 1. The number of amides is 1. The van der Waals surface area contributed by atoms with Crippen LogP contribution < -0.4 is 10.1 Å². The van der Waals surface area contributed by atoms with Crippen LogP contribution in [0.1, 0.15) is 4.88 Å². The van der Waals surface area contributed by atoms with E-state index in [1.165, 1.54) is 36.6 Å². The molecular weight excluding hydrogens is 360 g/mol. The Morgan fingerprint density at radius 2 is 2.19 bits per heavy atom. The van der Waals surface area contributed by atoms with Crippen LogP contribution in [0.2, 0.25) is 0 Å². The molecule has 21 heavy (non-hydrogen) atoms. The minimum atomic E-state index is -0.522. The Hall–Kier alpha value is -1.93. The summed E-state index contributed by atoms with van der Waals surface area (Å²) in [4.78, 5) is 23.1. The van der Waals surface area contributed by atoms with Crippen LogP contribution in [0.4, 0.5) is 11.4 Å². The zero-order valence-electron chi connectivity index (χ0n) is 11.0. The first kappa shape index (κ1) is 15.5. The lowest BCUT2D eigenvalue weighted by atomic mass is 10.2. The van der Waals surface area contributed by atoms with Gasteiger partial charge in [0.05, 0.1) is 27.9 Å². The largest absolute Gasteiger partial charge is 0.495 e. The molecular formula is C13H11BrN2O4S. The Bertz CT molecular complexity index is 687. The van der Waals surface area contributed by atoms with Crippen molar-refractivity contribution in [2.24, 2.45) is 0 Å². The lowest BCUT2D eigenvalue weighted by Crippen LogP contribution is -2.14. The second-order valence-electron chi connectivity index (χ2n) is 4.07. The van der Waals surface area contributed by atoms with Gasteiger partial charge in [-0.05, 0) is 34.1 Å². The number of anilines is 1. The van der Waals surface area contributed by atoms with E-state index < -0.39 is 4.92 Å². The summed E-state index contributed by atoms with van der Waals surface area (Å²) in [5, 5.41) is 13.4. The highest BCUT2D eigenvalue weighted by Gasteiger charge is 2.14. The van der Waals surface area contributed by atoms with Gasteiger partial charge in [0.1, 0.15) is 5.75 Å². The number of thiophene rings is 1. The van der Waals surface area contributed by atoms with Gasteiger partial charge >= 0.3 is 0 Å². The normalized spacial score (nSPS) is 10.2. The van der Waals surface area contributed by atoms with E-state index in [-0.39, 0.29) is 23.7 Å². The number of nitrogens with zero attached hydrogens (tertiary/aromatic N) is 1. The number of carbonyl (C=O) groups excluding carboxylic acids is 1. The van der Waals surface area contributed by atoms with E-state index in [1.807, 2.05) is 12.1 Å². The Balaban J connectivity index is 2.15. The van der Waals surface area contributed by atoms with Crippen molar-refractivity contribution in [1.82, 2.24) is 0 Å². The summed E-state index contributed by atoms with van der Waals surface area (Å²) < 4.78 is 6.04. The third kappa shape index (κ3) is 4.02. The Labute approximate surface area is 133 Å². The highest BCUT2D eigenvalue weighted by atomic mass is 79.9. The molecule has 2 aromatic rings. The SMILES string of the molecule is COc1ccc([N+](=O)[O-])cc1NC(=O)Cc1ccc(Br)s1. The fraction of sp³-hybridized carbons (Fsp3) is 0.154. The van der Waals surface area contributed by atoms with Gasteiger partial charge in [-0.25, -0.2) is 0 Å². The quantitative estimate of drug-likeness (QED) is 0.643. The van der Waals surface area contributed by atoms with Gasteiger partial charge in [0.25, 0.3) is 5.69 Å². The van der Waals surface area contributed by atoms with E-state index in [1.54, 1.807) is 0 Å². The van der Waals surface area contributed by atoms with Crippen LogP contribution in [-0.2, 0) is 11.2 Å². The molecule has 0 aliphatic carbocycles. The molecule has 0 radical (unpaired) electrons. The van der Waals surface area contributed by atoms with Gasteiger partial charge in [0, 0.05) is 17.0 Å². The maximum absolute atomic E-state index is 12.0. The van der Waals surface area contributed by atoms with Crippen molar-refractivity contribution in [2.45, 2.75) is 6.42 Å². The molecule has 6 nitrogen and oxygen atoms in total. The van der Waals surface area contributed by atoms with E-state index in [0.717, 1.165) is 8.66 Å². The molecule has 0 saturated carbocycles. The molecule has 1 N–H and O–H groups in total.